The zero-order valence-electron chi connectivity index (χ0n) is 8.78. The molecule has 1 aromatic carbocycles. The molecule has 0 fully saturated rings. The Morgan fingerprint density at radius 3 is 3.25 bits per heavy atom. The van der Waals surface area contributed by atoms with E-state index in [1.165, 1.54) is 0 Å². The van der Waals surface area contributed by atoms with E-state index in [1.54, 1.807) is 13.3 Å². The second kappa shape index (κ2) is 4.49. The van der Waals surface area contributed by atoms with Gasteiger partial charge in [-0.15, -0.1) is 0 Å². The summed E-state index contributed by atoms with van der Waals surface area (Å²) in [5.74, 6) is 4.65. The molecule has 2 rings (SSSR count). The van der Waals surface area contributed by atoms with Gasteiger partial charge in [0.25, 0.3) is 0 Å². The number of benzene rings is 1. The Morgan fingerprint density at radius 1 is 1.56 bits per heavy atom. The van der Waals surface area contributed by atoms with Crippen molar-refractivity contribution in [3.63, 3.8) is 0 Å². The summed E-state index contributed by atoms with van der Waals surface area (Å²) in [7, 11) is 0. The lowest BCUT2D eigenvalue weighted by atomic mass is 10.2. The van der Waals surface area contributed by atoms with Gasteiger partial charge in [0, 0.05) is 5.92 Å². The second-order valence-corrected chi connectivity index (χ2v) is 3.07. The first kappa shape index (κ1) is 10.2. The summed E-state index contributed by atoms with van der Waals surface area (Å²) in [6.45, 7) is 2.08. The molecular weight excluding hydrogens is 204 g/mol. The normalized spacial score (nSPS) is 9.56. The molecule has 80 valence electrons. The smallest absolute Gasteiger partial charge is 0.384 e. The standard InChI is InChI=1S/C12H10N2O2/c1-2-16-11(15)7-6-9-4-3-5-10-12(9)14-8-13-10/h3-5,8H,2H2,1H3,(H,13,14). The van der Waals surface area contributed by atoms with Crippen molar-refractivity contribution in [2.75, 3.05) is 6.61 Å². The number of fused-ring (bicyclic) bond motifs is 1. The van der Waals surface area contributed by atoms with E-state index in [0.29, 0.717) is 12.2 Å². The predicted molar refractivity (Wildman–Crippen MR) is 59.6 cm³/mol. The molecule has 0 radical (unpaired) electrons. The van der Waals surface area contributed by atoms with Gasteiger partial charge in [0.15, 0.2) is 0 Å². The molecule has 0 amide bonds. The van der Waals surface area contributed by atoms with E-state index in [9.17, 15) is 4.79 Å². The maximum absolute atomic E-state index is 11.1. The highest BCUT2D eigenvalue weighted by Gasteiger charge is 2.00. The van der Waals surface area contributed by atoms with Gasteiger partial charge in [0.05, 0.1) is 24.0 Å². The van der Waals surface area contributed by atoms with E-state index in [1.807, 2.05) is 18.2 Å². The molecule has 4 heteroatoms. The van der Waals surface area contributed by atoms with Crippen LogP contribution in [0.1, 0.15) is 12.5 Å². The van der Waals surface area contributed by atoms with Gasteiger partial charge in [-0.25, -0.2) is 9.78 Å². The lowest BCUT2D eigenvalue weighted by molar-refractivity contribution is -0.136. The zero-order chi connectivity index (χ0) is 11.4. The molecule has 0 aliphatic carbocycles. The molecule has 0 spiro atoms. The number of H-pyrrole nitrogens is 1. The Hall–Kier alpha value is -2.28. The average Bonchev–Trinajstić information content (AvgIpc) is 2.75. The van der Waals surface area contributed by atoms with Crippen LogP contribution < -0.4 is 0 Å². The maximum Gasteiger partial charge on any atom is 0.384 e. The van der Waals surface area contributed by atoms with Gasteiger partial charge in [-0.2, -0.15) is 0 Å². The number of para-hydroxylation sites is 1. The van der Waals surface area contributed by atoms with E-state index in [-0.39, 0.29) is 0 Å². The fourth-order valence-electron chi connectivity index (χ4n) is 1.35. The number of imidazole rings is 1. The number of aromatic nitrogens is 2. The fraction of sp³-hybridized carbons (Fsp3) is 0.167. The Labute approximate surface area is 92.6 Å². The highest BCUT2D eigenvalue weighted by Crippen LogP contribution is 2.12. The minimum atomic E-state index is -0.518. The van der Waals surface area contributed by atoms with Crippen LogP contribution in [-0.4, -0.2) is 22.5 Å². The largest absolute Gasteiger partial charge is 0.456 e. The number of nitrogens with zero attached hydrogens (tertiary/aromatic N) is 1. The average molecular weight is 214 g/mol. The third-order valence-electron chi connectivity index (χ3n) is 2.02. The number of carbonyl (C=O) groups excluding carboxylic acids is 1. The molecule has 0 aliphatic rings. The molecule has 1 N–H and O–H groups in total. The van der Waals surface area contributed by atoms with Crippen molar-refractivity contribution in [2.45, 2.75) is 6.92 Å². The highest BCUT2D eigenvalue weighted by atomic mass is 16.5. The van der Waals surface area contributed by atoms with Crippen molar-refractivity contribution in [1.82, 2.24) is 9.97 Å². The number of aromatic amines is 1. The van der Waals surface area contributed by atoms with Crippen LogP contribution in [0.2, 0.25) is 0 Å². The molecular formula is C12H10N2O2. The van der Waals surface area contributed by atoms with E-state index in [2.05, 4.69) is 21.8 Å². The van der Waals surface area contributed by atoms with Crippen LogP contribution in [0.4, 0.5) is 0 Å². The van der Waals surface area contributed by atoms with Gasteiger partial charge < -0.3 is 9.72 Å². The number of hydrogen-bond donors (Lipinski definition) is 1. The third kappa shape index (κ3) is 2.04. The Balaban J connectivity index is 2.33. The molecule has 0 bridgehead atoms. The van der Waals surface area contributed by atoms with Gasteiger partial charge in [-0.3, -0.25) is 0 Å². The predicted octanol–water partition coefficient (Wildman–Crippen LogP) is 1.48. The summed E-state index contributed by atoms with van der Waals surface area (Å²) >= 11 is 0. The number of carbonyl (C=O) groups is 1. The van der Waals surface area contributed by atoms with E-state index in [4.69, 9.17) is 4.74 Å². The molecule has 2 aromatic rings. The van der Waals surface area contributed by atoms with Gasteiger partial charge >= 0.3 is 5.97 Å². The Morgan fingerprint density at radius 2 is 2.44 bits per heavy atom. The topological polar surface area (TPSA) is 55.0 Å². The van der Waals surface area contributed by atoms with Crippen molar-refractivity contribution in [2.24, 2.45) is 0 Å². The number of rotatable bonds is 1. The quantitative estimate of drug-likeness (QED) is 0.577. The van der Waals surface area contributed by atoms with Gasteiger partial charge in [-0.1, -0.05) is 12.0 Å². The van der Waals surface area contributed by atoms with Crippen molar-refractivity contribution >= 4 is 17.0 Å². The summed E-state index contributed by atoms with van der Waals surface area (Å²) < 4.78 is 4.72. The molecule has 0 unspecified atom stereocenters. The van der Waals surface area contributed by atoms with Crippen LogP contribution in [0.5, 0.6) is 0 Å². The fourth-order valence-corrected chi connectivity index (χ4v) is 1.35. The summed E-state index contributed by atoms with van der Waals surface area (Å²) in [5.41, 5.74) is 2.38. The number of hydrogen-bond acceptors (Lipinski definition) is 3. The molecule has 0 aliphatic heterocycles. The summed E-state index contributed by atoms with van der Waals surface area (Å²) in [6.07, 6.45) is 1.60. The Bertz CT molecular complexity index is 575. The van der Waals surface area contributed by atoms with Crippen LogP contribution in [0.25, 0.3) is 11.0 Å². The summed E-state index contributed by atoms with van der Waals surface area (Å²) in [4.78, 5) is 18.2. The summed E-state index contributed by atoms with van der Waals surface area (Å²) in [6, 6.07) is 5.57. The molecule has 4 nitrogen and oxygen atoms in total. The van der Waals surface area contributed by atoms with Crippen LogP contribution >= 0.6 is 0 Å². The van der Waals surface area contributed by atoms with Crippen molar-refractivity contribution < 1.29 is 9.53 Å². The minimum absolute atomic E-state index is 0.333. The number of ether oxygens (including phenoxy) is 1. The minimum Gasteiger partial charge on any atom is -0.456 e. The monoisotopic (exact) mass is 214 g/mol. The van der Waals surface area contributed by atoms with E-state index < -0.39 is 5.97 Å². The zero-order valence-corrected chi connectivity index (χ0v) is 8.78. The van der Waals surface area contributed by atoms with Crippen LogP contribution in [-0.2, 0) is 9.53 Å². The third-order valence-corrected chi connectivity index (χ3v) is 2.02. The van der Waals surface area contributed by atoms with E-state index >= 15 is 0 Å². The van der Waals surface area contributed by atoms with Gasteiger partial charge in [-0.05, 0) is 19.1 Å². The lowest BCUT2D eigenvalue weighted by Crippen LogP contribution is -1.99. The number of esters is 1. The molecule has 1 aromatic heterocycles. The first-order valence-corrected chi connectivity index (χ1v) is 4.92. The van der Waals surface area contributed by atoms with Crippen molar-refractivity contribution in [3.8, 4) is 11.8 Å². The lowest BCUT2D eigenvalue weighted by Gasteiger charge is -1.93. The van der Waals surface area contributed by atoms with Crippen LogP contribution in [0.3, 0.4) is 0 Å². The summed E-state index contributed by atoms with van der Waals surface area (Å²) in [5, 5.41) is 0. The molecule has 0 saturated heterocycles. The molecule has 0 saturated carbocycles. The molecule has 16 heavy (non-hydrogen) atoms. The van der Waals surface area contributed by atoms with Crippen molar-refractivity contribution in [3.05, 3.63) is 30.1 Å². The highest BCUT2D eigenvalue weighted by molar-refractivity contribution is 5.91. The Kier molecular flexibility index (Phi) is 2.88. The van der Waals surface area contributed by atoms with E-state index in [0.717, 1.165) is 11.0 Å². The SMILES string of the molecule is CCOC(=O)C#Cc1cccc2[nH]cnc12. The number of nitrogens with one attached hydrogen (secondary N) is 1. The molecule has 0 atom stereocenters. The van der Waals surface area contributed by atoms with Crippen molar-refractivity contribution in [1.29, 1.82) is 0 Å². The maximum atomic E-state index is 11.1. The first-order valence-electron chi connectivity index (χ1n) is 4.92. The van der Waals surface area contributed by atoms with Crippen LogP contribution in [0.15, 0.2) is 24.5 Å². The second-order valence-electron chi connectivity index (χ2n) is 3.07. The van der Waals surface area contributed by atoms with Gasteiger partial charge in [0.1, 0.15) is 5.52 Å². The van der Waals surface area contributed by atoms with Gasteiger partial charge in [0.2, 0.25) is 0 Å². The molecule has 1 heterocycles. The first-order chi connectivity index (χ1) is 7.81. The van der Waals surface area contributed by atoms with Crippen LogP contribution in [0, 0.1) is 11.8 Å².